The van der Waals surface area contributed by atoms with Gasteiger partial charge in [-0.1, -0.05) is 49.4 Å². The summed E-state index contributed by atoms with van der Waals surface area (Å²) in [5.41, 5.74) is 3.65. The number of ether oxygens (including phenoxy) is 2. The normalized spacial score (nSPS) is 17.3. The van der Waals surface area contributed by atoms with E-state index in [1.807, 2.05) is 72.8 Å². The molecule has 0 saturated carbocycles. The van der Waals surface area contributed by atoms with Gasteiger partial charge in [-0.3, -0.25) is 9.59 Å². The number of nitrogens with one attached hydrogen (secondary N) is 1. The summed E-state index contributed by atoms with van der Waals surface area (Å²) < 4.78 is 11.7. The zero-order chi connectivity index (χ0) is 23.4. The maximum absolute atomic E-state index is 13.3. The number of hydrogen-bond donors (Lipinski definition) is 1. The molecule has 1 saturated heterocycles. The number of para-hydroxylation sites is 1. The summed E-state index contributed by atoms with van der Waals surface area (Å²) in [6, 6.07) is 22.8. The predicted octanol–water partition coefficient (Wildman–Crippen LogP) is 4.75. The Labute approximate surface area is 194 Å². The molecule has 6 nitrogen and oxygen atoms in total. The highest BCUT2D eigenvalue weighted by molar-refractivity contribution is 5.90. The fraction of sp³-hybridized carbons (Fsp3) is 0.259. The number of benzene rings is 3. The van der Waals surface area contributed by atoms with Crippen LogP contribution in [0.3, 0.4) is 0 Å². The third-order valence-corrected chi connectivity index (χ3v) is 5.79. The smallest absolute Gasteiger partial charge is 0.267 e. The molecule has 1 heterocycles. The number of carbonyl (C=O) groups excluding carboxylic acids is 2. The minimum absolute atomic E-state index is 0.0707. The largest absolute Gasteiger partial charge is 0.497 e. The molecule has 0 unspecified atom stereocenters. The lowest BCUT2D eigenvalue weighted by Crippen LogP contribution is -2.60. The molecule has 2 amide bonds. The van der Waals surface area contributed by atoms with Crippen LogP contribution in [0.25, 0.3) is 0 Å². The van der Waals surface area contributed by atoms with Crippen LogP contribution in [0.5, 0.6) is 11.5 Å². The molecule has 3 aromatic carbocycles. The van der Waals surface area contributed by atoms with Crippen molar-refractivity contribution in [3.63, 3.8) is 0 Å². The van der Waals surface area contributed by atoms with Crippen LogP contribution in [0.1, 0.15) is 36.6 Å². The van der Waals surface area contributed by atoms with E-state index in [0.29, 0.717) is 12.2 Å². The molecule has 0 spiro atoms. The third kappa shape index (κ3) is 4.85. The molecule has 0 radical (unpaired) electrons. The number of likely N-dealkylation sites (tertiary alicyclic amines) is 1. The Morgan fingerprint density at radius 3 is 2.58 bits per heavy atom. The average Bonchev–Trinajstić information content (AvgIpc) is 2.83. The van der Waals surface area contributed by atoms with Crippen molar-refractivity contribution in [2.24, 2.45) is 0 Å². The van der Waals surface area contributed by atoms with Crippen molar-refractivity contribution in [3.8, 4) is 11.5 Å². The Balaban J connectivity index is 1.63. The van der Waals surface area contributed by atoms with Crippen LogP contribution in [0.4, 0.5) is 5.69 Å². The Bertz CT molecular complexity index is 1160. The monoisotopic (exact) mass is 444 g/mol. The summed E-state index contributed by atoms with van der Waals surface area (Å²) in [6.07, 6.45) is 0.198. The van der Waals surface area contributed by atoms with Crippen LogP contribution >= 0.6 is 0 Å². The zero-order valence-corrected chi connectivity index (χ0v) is 19.1. The highest BCUT2D eigenvalue weighted by Crippen LogP contribution is 2.40. The fourth-order valence-electron chi connectivity index (χ4n) is 4.18. The van der Waals surface area contributed by atoms with Gasteiger partial charge in [-0.05, 0) is 53.4 Å². The molecule has 3 aromatic rings. The predicted molar refractivity (Wildman–Crippen MR) is 127 cm³/mol. The van der Waals surface area contributed by atoms with Gasteiger partial charge in [-0.2, -0.15) is 0 Å². The first-order valence-corrected chi connectivity index (χ1v) is 11.1. The standard InChI is InChI=1S/C27H28N2O4/c1-4-20-10-5-6-14-24(20)33-26-25(21-11-8-13-23(16-21)32-3)29(27(26)31)17-19-9-7-12-22(15-19)28-18(2)30/h5-16,25-26H,4,17H2,1-3H3,(H,28,30)/t25-,26-/m0/s1. The van der Waals surface area contributed by atoms with Crippen LogP contribution in [0.15, 0.2) is 72.8 Å². The highest BCUT2D eigenvalue weighted by atomic mass is 16.5. The number of amides is 2. The van der Waals surface area contributed by atoms with E-state index in [-0.39, 0.29) is 17.9 Å². The molecule has 1 aliphatic heterocycles. The molecular weight excluding hydrogens is 416 g/mol. The van der Waals surface area contributed by atoms with Crippen molar-refractivity contribution in [2.75, 3.05) is 12.4 Å². The van der Waals surface area contributed by atoms with Crippen LogP contribution in [-0.2, 0) is 22.6 Å². The number of hydrogen-bond acceptors (Lipinski definition) is 4. The van der Waals surface area contributed by atoms with E-state index in [4.69, 9.17) is 9.47 Å². The summed E-state index contributed by atoms with van der Waals surface area (Å²) in [7, 11) is 1.63. The SMILES string of the molecule is CCc1ccccc1O[C@@H]1C(=O)N(Cc2cccc(NC(C)=O)c2)[C@H]1c1cccc(OC)c1. The first-order chi connectivity index (χ1) is 16.0. The second kappa shape index (κ2) is 9.77. The molecule has 33 heavy (non-hydrogen) atoms. The van der Waals surface area contributed by atoms with E-state index in [1.54, 1.807) is 12.0 Å². The van der Waals surface area contributed by atoms with Gasteiger partial charge in [-0.15, -0.1) is 0 Å². The van der Waals surface area contributed by atoms with Crippen LogP contribution in [0, 0.1) is 0 Å². The van der Waals surface area contributed by atoms with E-state index in [1.165, 1.54) is 6.92 Å². The van der Waals surface area contributed by atoms with Gasteiger partial charge in [0, 0.05) is 19.2 Å². The summed E-state index contributed by atoms with van der Waals surface area (Å²) in [5.74, 6) is 1.26. The van der Waals surface area contributed by atoms with Crippen molar-refractivity contribution >= 4 is 17.5 Å². The lowest BCUT2D eigenvalue weighted by atomic mass is 9.89. The second-order valence-corrected chi connectivity index (χ2v) is 8.07. The summed E-state index contributed by atoms with van der Waals surface area (Å²) in [6.45, 7) is 3.95. The quantitative estimate of drug-likeness (QED) is 0.509. The minimum Gasteiger partial charge on any atom is -0.497 e. The Morgan fingerprint density at radius 2 is 1.82 bits per heavy atom. The molecule has 6 heteroatoms. The topological polar surface area (TPSA) is 67.9 Å². The summed E-state index contributed by atoms with van der Waals surface area (Å²) in [5, 5.41) is 2.79. The molecule has 1 N–H and O–H groups in total. The zero-order valence-electron chi connectivity index (χ0n) is 19.1. The van der Waals surface area contributed by atoms with Crippen LogP contribution < -0.4 is 14.8 Å². The van der Waals surface area contributed by atoms with Gasteiger partial charge >= 0.3 is 0 Å². The molecule has 2 atom stereocenters. The molecule has 0 bridgehead atoms. The number of anilines is 1. The number of aryl methyl sites for hydroxylation is 1. The number of methoxy groups -OCH3 is 1. The molecule has 4 rings (SSSR count). The minimum atomic E-state index is -0.622. The lowest BCUT2D eigenvalue weighted by molar-refractivity contribution is -0.165. The summed E-state index contributed by atoms with van der Waals surface area (Å²) >= 11 is 0. The van der Waals surface area contributed by atoms with Crippen molar-refractivity contribution in [3.05, 3.63) is 89.5 Å². The Hall–Kier alpha value is -3.80. The molecule has 170 valence electrons. The number of nitrogens with zero attached hydrogens (tertiary/aromatic N) is 1. The van der Waals surface area contributed by atoms with Crippen molar-refractivity contribution in [2.45, 2.75) is 39.0 Å². The van der Waals surface area contributed by atoms with Crippen LogP contribution in [-0.4, -0.2) is 29.9 Å². The van der Waals surface area contributed by atoms with E-state index in [2.05, 4.69) is 12.2 Å². The second-order valence-electron chi connectivity index (χ2n) is 8.07. The maximum Gasteiger partial charge on any atom is 0.267 e. The van der Waals surface area contributed by atoms with Crippen LogP contribution in [0.2, 0.25) is 0 Å². The van der Waals surface area contributed by atoms with Crippen molar-refractivity contribution < 1.29 is 19.1 Å². The van der Waals surface area contributed by atoms with Crippen molar-refractivity contribution in [1.29, 1.82) is 0 Å². The third-order valence-electron chi connectivity index (χ3n) is 5.79. The first-order valence-electron chi connectivity index (χ1n) is 11.1. The van der Waals surface area contributed by atoms with E-state index in [9.17, 15) is 9.59 Å². The van der Waals surface area contributed by atoms with E-state index < -0.39 is 6.10 Å². The van der Waals surface area contributed by atoms with Gasteiger partial charge in [0.1, 0.15) is 17.5 Å². The maximum atomic E-state index is 13.3. The first kappa shape index (κ1) is 22.4. The molecule has 0 aliphatic carbocycles. The fourth-order valence-corrected chi connectivity index (χ4v) is 4.18. The van der Waals surface area contributed by atoms with Gasteiger partial charge < -0.3 is 19.7 Å². The molecule has 0 aromatic heterocycles. The van der Waals surface area contributed by atoms with E-state index >= 15 is 0 Å². The van der Waals surface area contributed by atoms with E-state index in [0.717, 1.165) is 34.6 Å². The molecule has 1 fully saturated rings. The number of β-lactam (4-membered cyclic amide) rings is 1. The number of carbonyl (C=O) groups is 2. The molecule has 1 aliphatic rings. The van der Waals surface area contributed by atoms with Gasteiger partial charge in [0.15, 0.2) is 0 Å². The van der Waals surface area contributed by atoms with Gasteiger partial charge in [-0.25, -0.2) is 0 Å². The van der Waals surface area contributed by atoms with Gasteiger partial charge in [0.2, 0.25) is 12.0 Å². The Morgan fingerprint density at radius 1 is 1.03 bits per heavy atom. The number of rotatable bonds is 8. The Kier molecular flexibility index (Phi) is 6.63. The van der Waals surface area contributed by atoms with Gasteiger partial charge in [0.25, 0.3) is 5.91 Å². The molecular formula is C27H28N2O4. The van der Waals surface area contributed by atoms with Crippen molar-refractivity contribution in [1.82, 2.24) is 4.90 Å². The average molecular weight is 445 g/mol. The summed E-state index contributed by atoms with van der Waals surface area (Å²) in [4.78, 5) is 26.5. The lowest BCUT2D eigenvalue weighted by Gasteiger charge is -2.47. The van der Waals surface area contributed by atoms with Gasteiger partial charge in [0.05, 0.1) is 7.11 Å². The highest BCUT2D eigenvalue weighted by Gasteiger charge is 2.50.